The van der Waals surface area contributed by atoms with Crippen molar-refractivity contribution in [3.63, 3.8) is 0 Å². The molecule has 0 fully saturated rings. The maximum absolute atomic E-state index is 5.14. The molecule has 2 nitrogen and oxygen atoms in total. The fraction of sp³-hybridized carbons (Fsp3) is 0.600. The van der Waals surface area contributed by atoms with Crippen LogP contribution >= 0.6 is 0 Å². The highest BCUT2D eigenvalue weighted by molar-refractivity contribution is 5.53. The minimum atomic E-state index is 0.636. The van der Waals surface area contributed by atoms with Gasteiger partial charge in [0.15, 0.2) is 0 Å². The summed E-state index contributed by atoms with van der Waals surface area (Å²) in [4.78, 5) is 0. The first-order chi connectivity index (χ1) is 8.29. The van der Waals surface area contributed by atoms with Gasteiger partial charge < -0.3 is 10.1 Å². The monoisotopic (exact) mass is 233 g/mol. The molecule has 2 heteroatoms. The van der Waals surface area contributed by atoms with Crippen molar-refractivity contribution in [3.8, 4) is 0 Å². The summed E-state index contributed by atoms with van der Waals surface area (Å²) in [6, 6.07) is 9.30. The van der Waals surface area contributed by atoms with Crippen molar-refractivity contribution < 1.29 is 4.74 Å². The first-order valence-electron chi connectivity index (χ1n) is 6.63. The molecular formula is C15H23NO. The Morgan fingerprint density at radius 1 is 1.41 bits per heavy atom. The lowest BCUT2D eigenvalue weighted by atomic mass is 9.91. The van der Waals surface area contributed by atoms with Crippen LogP contribution in [0.3, 0.4) is 0 Å². The fourth-order valence-electron chi connectivity index (χ4n) is 2.60. The summed E-state index contributed by atoms with van der Waals surface area (Å²) in [6.45, 7) is 3.20. The number of fused-ring (bicyclic) bond motifs is 1. The molecule has 0 aliphatic carbocycles. The average Bonchev–Trinajstić information content (AvgIpc) is 2.36. The van der Waals surface area contributed by atoms with Crippen molar-refractivity contribution in [3.05, 3.63) is 29.8 Å². The van der Waals surface area contributed by atoms with Crippen LogP contribution in [0, 0.1) is 5.92 Å². The highest BCUT2D eigenvalue weighted by Crippen LogP contribution is 2.27. The number of hydrogen-bond acceptors (Lipinski definition) is 2. The van der Waals surface area contributed by atoms with Gasteiger partial charge in [0.25, 0.3) is 0 Å². The smallest absolute Gasteiger partial charge is 0.0464 e. The maximum atomic E-state index is 5.14. The standard InChI is InChI=1S/C15H23NO/c1-12(9-10-17-2)11-14-8-7-13-5-3-4-6-15(13)16-14/h3-6,12,14,16H,7-11H2,1-2H3. The quantitative estimate of drug-likeness (QED) is 0.840. The van der Waals surface area contributed by atoms with Crippen molar-refractivity contribution in [1.82, 2.24) is 0 Å². The van der Waals surface area contributed by atoms with Gasteiger partial charge in [-0.05, 0) is 43.2 Å². The van der Waals surface area contributed by atoms with Gasteiger partial charge in [-0.2, -0.15) is 0 Å². The molecule has 0 amide bonds. The number of para-hydroxylation sites is 1. The normalized spacial score (nSPS) is 20.5. The summed E-state index contributed by atoms with van der Waals surface area (Å²) in [5, 5.41) is 3.66. The molecule has 0 bridgehead atoms. The van der Waals surface area contributed by atoms with E-state index in [0.29, 0.717) is 6.04 Å². The molecule has 0 aromatic heterocycles. The number of hydrogen-bond donors (Lipinski definition) is 1. The summed E-state index contributed by atoms with van der Waals surface area (Å²) in [5.41, 5.74) is 2.80. The molecule has 2 atom stereocenters. The van der Waals surface area contributed by atoms with E-state index in [1.165, 1.54) is 30.5 Å². The van der Waals surface area contributed by atoms with Crippen LogP contribution in [-0.4, -0.2) is 19.8 Å². The highest BCUT2D eigenvalue weighted by atomic mass is 16.5. The number of rotatable bonds is 5. The maximum Gasteiger partial charge on any atom is 0.0464 e. The Hall–Kier alpha value is -1.02. The molecule has 1 N–H and O–H groups in total. The summed E-state index contributed by atoms with van der Waals surface area (Å²) >= 11 is 0. The van der Waals surface area contributed by atoms with Crippen molar-refractivity contribution in [2.75, 3.05) is 19.0 Å². The number of nitrogens with one attached hydrogen (secondary N) is 1. The highest BCUT2D eigenvalue weighted by Gasteiger charge is 2.18. The lowest BCUT2D eigenvalue weighted by Gasteiger charge is -2.29. The van der Waals surface area contributed by atoms with Crippen LogP contribution in [0.25, 0.3) is 0 Å². The second-order valence-corrected chi connectivity index (χ2v) is 5.16. The first kappa shape index (κ1) is 12.4. The third-order valence-electron chi connectivity index (χ3n) is 3.64. The summed E-state index contributed by atoms with van der Waals surface area (Å²) in [5.74, 6) is 0.734. The largest absolute Gasteiger partial charge is 0.385 e. The van der Waals surface area contributed by atoms with E-state index in [2.05, 4.69) is 36.5 Å². The fourth-order valence-corrected chi connectivity index (χ4v) is 2.60. The molecule has 1 aliphatic rings. The minimum Gasteiger partial charge on any atom is -0.385 e. The Balaban J connectivity index is 1.85. The topological polar surface area (TPSA) is 21.3 Å². The predicted molar refractivity (Wildman–Crippen MR) is 72.4 cm³/mol. The Morgan fingerprint density at radius 2 is 2.24 bits per heavy atom. The van der Waals surface area contributed by atoms with E-state index in [4.69, 9.17) is 4.74 Å². The van der Waals surface area contributed by atoms with Crippen LogP contribution in [-0.2, 0) is 11.2 Å². The zero-order valence-electron chi connectivity index (χ0n) is 10.9. The lowest BCUT2D eigenvalue weighted by Crippen LogP contribution is -2.27. The Kier molecular flexibility index (Phi) is 4.43. The van der Waals surface area contributed by atoms with Gasteiger partial charge in [-0.15, -0.1) is 0 Å². The van der Waals surface area contributed by atoms with Crippen LogP contribution in [0.4, 0.5) is 5.69 Å². The molecule has 0 radical (unpaired) electrons. The van der Waals surface area contributed by atoms with E-state index in [9.17, 15) is 0 Å². The number of aryl methyl sites for hydroxylation is 1. The SMILES string of the molecule is COCCC(C)CC1CCc2ccccc2N1. The number of ether oxygens (including phenoxy) is 1. The molecule has 0 spiro atoms. The zero-order chi connectivity index (χ0) is 12.1. The molecule has 1 aromatic carbocycles. The molecule has 1 aliphatic heterocycles. The van der Waals surface area contributed by atoms with Crippen molar-refractivity contribution in [2.24, 2.45) is 5.92 Å². The molecule has 0 saturated carbocycles. The zero-order valence-corrected chi connectivity index (χ0v) is 10.9. The van der Waals surface area contributed by atoms with E-state index >= 15 is 0 Å². The van der Waals surface area contributed by atoms with Gasteiger partial charge in [-0.1, -0.05) is 25.1 Å². The van der Waals surface area contributed by atoms with Crippen LogP contribution in [0.5, 0.6) is 0 Å². The van der Waals surface area contributed by atoms with E-state index in [0.717, 1.165) is 18.9 Å². The Labute approximate surface area is 104 Å². The molecule has 94 valence electrons. The second-order valence-electron chi connectivity index (χ2n) is 5.16. The molecule has 1 aromatic rings. The van der Waals surface area contributed by atoms with E-state index in [-0.39, 0.29) is 0 Å². The molecule has 1 heterocycles. The van der Waals surface area contributed by atoms with Crippen molar-refractivity contribution >= 4 is 5.69 Å². The summed E-state index contributed by atoms with van der Waals surface area (Å²) in [7, 11) is 1.78. The Morgan fingerprint density at radius 3 is 3.06 bits per heavy atom. The van der Waals surface area contributed by atoms with E-state index in [1.807, 2.05) is 0 Å². The third-order valence-corrected chi connectivity index (χ3v) is 3.64. The first-order valence-corrected chi connectivity index (χ1v) is 6.63. The molecular weight excluding hydrogens is 210 g/mol. The van der Waals surface area contributed by atoms with Gasteiger partial charge in [0.1, 0.15) is 0 Å². The van der Waals surface area contributed by atoms with E-state index < -0.39 is 0 Å². The van der Waals surface area contributed by atoms with Gasteiger partial charge in [0.2, 0.25) is 0 Å². The van der Waals surface area contributed by atoms with Crippen molar-refractivity contribution in [1.29, 1.82) is 0 Å². The van der Waals surface area contributed by atoms with Gasteiger partial charge in [-0.3, -0.25) is 0 Å². The molecule has 2 rings (SSSR count). The van der Waals surface area contributed by atoms with Gasteiger partial charge in [0.05, 0.1) is 0 Å². The molecule has 2 unspecified atom stereocenters. The summed E-state index contributed by atoms with van der Waals surface area (Å²) in [6.07, 6.45) is 4.88. The number of benzene rings is 1. The lowest BCUT2D eigenvalue weighted by molar-refractivity contribution is 0.177. The van der Waals surface area contributed by atoms with Crippen LogP contribution in [0.1, 0.15) is 31.7 Å². The van der Waals surface area contributed by atoms with Gasteiger partial charge >= 0.3 is 0 Å². The third kappa shape index (κ3) is 3.47. The Bertz CT molecular complexity index is 351. The van der Waals surface area contributed by atoms with Crippen LogP contribution in [0.15, 0.2) is 24.3 Å². The molecule has 17 heavy (non-hydrogen) atoms. The van der Waals surface area contributed by atoms with Gasteiger partial charge in [0, 0.05) is 25.4 Å². The van der Waals surface area contributed by atoms with E-state index in [1.54, 1.807) is 7.11 Å². The van der Waals surface area contributed by atoms with Gasteiger partial charge in [-0.25, -0.2) is 0 Å². The number of methoxy groups -OCH3 is 1. The average molecular weight is 233 g/mol. The molecule has 0 saturated heterocycles. The predicted octanol–water partition coefficient (Wildman–Crippen LogP) is 3.48. The van der Waals surface area contributed by atoms with Crippen molar-refractivity contribution in [2.45, 2.75) is 38.6 Å². The minimum absolute atomic E-state index is 0.636. The van der Waals surface area contributed by atoms with Crippen LogP contribution in [0.2, 0.25) is 0 Å². The van der Waals surface area contributed by atoms with Crippen LogP contribution < -0.4 is 5.32 Å². The number of anilines is 1. The summed E-state index contributed by atoms with van der Waals surface area (Å²) < 4.78 is 5.14. The second kappa shape index (κ2) is 6.06.